The van der Waals surface area contributed by atoms with Crippen LogP contribution in [0.1, 0.15) is 25.0 Å². The molecule has 4 rings (SSSR count). The van der Waals surface area contributed by atoms with Crippen LogP contribution in [0.5, 0.6) is 0 Å². The molecule has 0 aliphatic heterocycles. The third-order valence-electron chi connectivity index (χ3n) is 4.86. The average molecular weight is 388 g/mol. The fourth-order valence-corrected chi connectivity index (χ4v) is 3.59. The molecule has 3 aromatic heterocycles. The summed E-state index contributed by atoms with van der Waals surface area (Å²) in [5, 5.41) is 8.53. The molecule has 29 heavy (non-hydrogen) atoms. The van der Waals surface area contributed by atoms with E-state index in [1.54, 1.807) is 21.8 Å². The van der Waals surface area contributed by atoms with E-state index >= 15 is 0 Å². The molecule has 0 aliphatic rings. The number of benzene rings is 1. The van der Waals surface area contributed by atoms with Gasteiger partial charge in [-0.25, -0.2) is 9.36 Å². The van der Waals surface area contributed by atoms with E-state index in [-0.39, 0.29) is 0 Å². The van der Waals surface area contributed by atoms with Gasteiger partial charge < -0.3 is 4.90 Å². The van der Waals surface area contributed by atoms with Crippen LogP contribution in [0, 0.1) is 13.8 Å². The SMILES string of the molecule is CCN(CC)c1c(C)cc(-c2nc(-n3cccn3)nc(-n3cccn3)n2)cc1C. The number of nitrogens with zero attached hydrogens (tertiary/aromatic N) is 8. The molecule has 4 aromatic rings. The molecule has 0 saturated heterocycles. The molecule has 0 atom stereocenters. The van der Waals surface area contributed by atoms with Crippen LogP contribution in [0.15, 0.2) is 49.1 Å². The quantitative estimate of drug-likeness (QED) is 0.504. The molecule has 0 aliphatic carbocycles. The van der Waals surface area contributed by atoms with Crippen molar-refractivity contribution in [1.82, 2.24) is 34.5 Å². The molecular weight excluding hydrogens is 364 g/mol. The molecule has 0 unspecified atom stereocenters. The van der Waals surface area contributed by atoms with Crippen molar-refractivity contribution in [2.24, 2.45) is 0 Å². The summed E-state index contributed by atoms with van der Waals surface area (Å²) in [5.41, 5.74) is 4.61. The minimum absolute atomic E-state index is 0.452. The van der Waals surface area contributed by atoms with Crippen molar-refractivity contribution in [2.45, 2.75) is 27.7 Å². The van der Waals surface area contributed by atoms with Gasteiger partial charge in [0.1, 0.15) is 0 Å². The fraction of sp³-hybridized carbons (Fsp3) is 0.286. The average Bonchev–Trinajstić information content (AvgIpc) is 3.44. The number of aryl methyl sites for hydroxylation is 2. The molecule has 8 nitrogen and oxygen atoms in total. The van der Waals surface area contributed by atoms with Gasteiger partial charge in [-0.15, -0.1) is 0 Å². The Hall–Kier alpha value is -3.55. The van der Waals surface area contributed by atoms with Gasteiger partial charge in [-0.3, -0.25) is 0 Å². The van der Waals surface area contributed by atoms with E-state index in [4.69, 9.17) is 0 Å². The number of rotatable bonds is 6. The van der Waals surface area contributed by atoms with Crippen molar-refractivity contribution in [1.29, 1.82) is 0 Å². The van der Waals surface area contributed by atoms with E-state index in [0.29, 0.717) is 17.7 Å². The van der Waals surface area contributed by atoms with Crippen molar-refractivity contribution < 1.29 is 0 Å². The van der Waals surface area contributed by atoms with Crippen LogP contribution < -0.4 is 4.90 Å². The van der Waals surface area contributed by atoms with Gasteiger partial charge in [-0.1, -0.05) is 0 Å². The zero-order valence-corrected chi connectivity index (χ0v) is 17.1. The lowest BCUT2D eigenvalue weighted by molar-refractivity contribution is 0.747. The van der Waals surface area contributed by atoms with E-state index in [0.717, 1.165) is 18.7 Å². The Morgan fingerprint density at radius 1 is 0.793 bits per heavy atom. The molecule has 0 saturated carbocycles. The van der Waals surface area contributed by atoms with Crippen molar-refractivity contribution in [3.05, 3.63) is 60.2 Å². The fourth-order valence-electron chi connectivity index (χ4n) is 3.59. The summed E-state index contributed by atoms with van der Waals surface area (Å²) in [6.07, 6.45) is 7.02. The zero-order valence-electron chi connectivity index (χ0n) is 17.1. The maximum atomic E-state index is 4.68. The van der Waals surface area contributed by atoms with Gasteiger partial charge in [0.25, 0.3) is 11.9 Å². The Morgan fingerprint density at radius 3 is 1.72 bits per heavy atom. The monoisotopic (exact) mass is 388 g/mol. The van der Waals surface area contributed by atoms with E-state index in [1.807, 2.05) is 24.5 Å². The van der Waals surface area contributed by atoms with E-state index < -0.39 is 0 Å². The minimum Gasteiger partial charge on any atom is -0.372 e. The number of aromatic nitrogens is 7. The van der Waals surface area contributed by atoms with Gasteiger partial charge >= 0.3 is 0 Å². The van der Waals surface area contributed by atoms with Crippen LogP contribution in [0.4, 0.5) is 5.69 Å². The second-order valence-corrected chi connectivity index (χ2v) is 6.79. The predicted molar refractivity (Wildman–Crippen MR) is 113 cm³/mol. The topological polar surface area (TPSA) is 77.5 Å². The molecule has 0 bridgehead atoms. The lowest BCUT2D eigenvalue weighted by atomic mass is 10.0. The molecule has 1 aromatic carbocycles. The summed E-state index contributed by atoms with van der Waals surface area (Å²) >= 11 is 0. The lowest BCUT2D eigenvalue weighted by Gasteiger charge is -2.26. The van der Waals surface area contributed by atoms with Crippen LogP contribution in [0.25, 0.3) is 23.3 Å². The summed E-state index contributed by atoms with van der Waals surface area (Å²) in [6, 6.07) is 7.94. The highest BCUT2D eigenvalue weighted by Gasteiger charge is 2.16. The van der Waals surface area contributed by atoms with Gasteiger partial charge in [0.05, 0.1) is 0 Å². The highest BCUT2D eigenvalue weighted by molar-refractivity contribution is 5.68. The third-order valence-corrected chi connectivity index (χ3v) is 4.86. The Balaban J connectivity index is 1.86. The largest absolute Gasteiger partial charge is 0.372 e. The van der Waals surface area contributed by atoms with E-state index in [2.05, 4.69) is 69.9 Å². The van der Waals surface area contributed by atoms with Gasteiger partial charge in [-0.05, 0) is 63.1 Å². The molecule has 0 N–H and O–H groups in total. The van der Waals surface area contributed by atoms with E-state index in [1.165, 1.54) is 16.8 Å². The van der Waals surface area contributed by atoms with Gasteiger partial charge in [0.15, 0.2) is 5.82 Å². The Bertz CT molecular complexity index is 1020. The van der Waals surface area contributed by atoms with E-state index in [9.17, 15) is 0 Å². The maximum Gasteiger partial charge on any atom is 0.255 e. The highest BCUT2D eigenvalue weighted by Crippen LogP contribution is 2.30. The third kappa shape index (κ3) is 3.61. The molecule has 148 valence electrons. The molecule has 3 heterocycles. The highest BCUT2D eigenvalue weighted by atomic mass is 15.4. The first kappa shape index (κ1) is 18.8. The molecular formula is C21H24N8. The standard InChI is InChI=1S/C21H24N8/c1-5-27(6-2)18-15(3)13-17(14-16(18)4)19-24-20(28-11-7-9-22-28)26-21(25-19)29-12-8-10-23-29/h7-14H,5-6H2,1-4H3. The number of hydrogen-bond donors (Lipinski definition) is 0. The van der Waals surface area contributed by atoms with Crippen molar-refractivity contribution in [2.75, 3.05) is 18.0 Å². The summed E-state index contributed by atoms with van der Waals surface area (Å²) in [5.74, 6) is 1.50. The summed E-state index contributed by atoms with van der Waals surface area (Å²) in [4.78, 5) is 16.3. The number of anilines is 1. The summed E-state index contributed by atoms with van der Waals surface area (Å²) in [6.45, 7) is 10.6. The van der Waals surface area contributed by atoms with Gasteiger partial charge in [0.2, 0.25) is 0 Å². The van der Waals surface area contributed by atoms with Crippen LogP contribution >= 0.6 is 0 Å². The van der Waals surface area contributed by atoms with Crippen molar-refractivity contribution >= 4 is 5.69 Å². The summed E-state index contributed by atoms with van der Waals surface area (Å²) in [7, 11) is 0. The second-order valence-electron chi connectivity index (χ2n) is 6.79. The van der Waals surface area contributed by atoms with Crippen LogP contribution in [-0.2, 0) is 0 Å². The first-order valence-corrected chi connectivity index (χ1v) is 9.73. The maximum absolute atomic E-state index is 4.68. The predicted octanol–water partition coefficient (Wildman–Crippen LogP) is 3.37. The Morgan fingerprint density at radius 2 is 1.31 bits per heavy atom. The first-order valence-electron chi connectivity index (χ1n) is 9.73. The van der Waals surface area contributed by atoms with Gasteiger partial charge in [-0.2, -0.15) is 25.1 Å². The minimum atomic E-state index is 0.452. The Labute approximate surface area is 169 Å². The summed E-state index contributed by atoms with van der Waals surface area (Å²) < 4.78 is 3.25. The first-order chi connectivity index (χ1) is 14.1. The normalized spacial score (nSPS) is 11.0. The van der Waals surface area contributed by atoms with Crippen molar-refractivity contribution in [3.63, 3.8) is 0 Å². The smallest absolute Gasteiger partial charge is 0.255 e. The van der Waals surface area contributed by atoms with Gasteiger partial charge in [0, 0.05) is 49.1 Å². The molecule has 0 amide bonds. The Kier molecular flexibility index (Phi) is 5.07. The van der Waals surface area contributed by atoms with Crippen LogP contribution in [-0.4, -0.2) is 47.6 Å². The molecule has 8 heteroatoms. The number of hydrogen-bond acceptors (Lipinski definition) is 6. The van der Waals surface area contributed by atoms with Crippen LogP contribution in [0.2, 0.25) is 0 Å². The molecule has 0 fully saturated rings. The van der Waals surface area contributed by atoms with Crippen molar-refractivity contribution in [3.8, 4) is 23.3 Å². The van der Waals surface area contributed by atoms with Crippen LogP contribution in [0.3, 0.4) is 0 Å². The lowest BCUT2D eigenvalue weighted by Crippen LogP contribution is -2.23. The zero-order chi connectivity index (χ0) is 20.4. The second kappa shape index (κ2) is 7.83. The molecule has 0 spiro atoms. The molecule has 0 radical (unpaired) electrons.